The first-order valence-electron chi connectivity index (χ1n) is 7.62. The Balaban J connectivity index is 2.05. The molecule has 0 saturated carbocycles. The smallest absolute Gasteiger partial charge is 0.251 e. The molecule has 0 bridgehead atoms. The fraction of sp³-hybridized carbons (Fsp3) is 0.158. The second kappa shape index (κ2) is 8.53. The third kappa shape index (κ3) is 4.23. The van der Waals surface area contributed by atoms with Crippen LogP contribution < -0.4 is 15.8 Å². The van der Waals surface area contributed by atoms with E-state index in [1.165, 1.54) is 18.9 Å². The highest BCUT2D eigenvalue weighted by Gasteiger charge is 2.12. The van der Waals surface area contributed by atoms with Gasteiger partial charge in [0.1, 0.15) is 5.75 Å². The molecular formula is C19H21N3O2. The number of benzene rings is 2. The van der Waals surface area contributed by atoms with E-state index in [1.54, 1.807) is 18.2 Å². The molecule has 0 heterocycles. The summed E-state index contributed by atoms with van der Waals surface area (Å²) in [4.78, 5) is 12.3. The first-order valence-corrected chi connectivity index (χ1v) is 7.62. The maximum atomic E-state index is 12.3. The van der Waals surface area contributed by atoms with Crippen LogP contribution in [0.5, 0.6) is 5.75 Å². The summed E-state index contributed by atoms with van der Waals surface area (Å²) >= 11 is 0. The van der Waals surface area contributed by atoms with E-state index < -0.39 is 0 Å². The van der Waals surface area contributed by atoms with Gasteiger partial charge in [-0.25, -0.2) is 0 Å². The van der Waals surface area contributed by atoms with E-state index in [2.05, 4.69) is 5.32 Å². The van der Waals surface area contributed by atoms with E-state index in [-0.39, 0.29) is 5.91 Å². The minimum absolute atomic E-state index is 0.163. The van der Waals surface area contributed by atoms with Crippen LogP contribution >= 0.6 is 0 Å². The third-order valence-electron chi connectivity index (χ3n) is 3.65. The largest absolute Gasteiger partial charge is 0.496 e. The number of carbonyl (C=O) groups is 1. The van der Waals surface area contributed by atoms with Gasteiger partial charge in [0.2, 0.25) is 0 Å². The van der Waals surface area contributed by atoms with Crippen LogP contribution in [0.15, 0.2) is 54.7 Å². The molecule has 0 aliphatic rings. The first-order chi connectivity index (χ1) is 11.7. The molecule has 0 radical (unpaired) electrons. The lowest BCUT2D eigenvalue weighted by Crippen LogP contribution is -2.25. The van der Waals surface area contributed by atoms with Gasteiger partial charge in [-0.15, -0.1) is 0 Å². The third-order valence-corrected chi connectivity index (χ3v) is 3.65. The molecule has 1 amide bonds. The molecule has 124 valence electrons. The van der Waals surface area contributed by atoms with E-state index in [9.17, 15) is 4.79 Å². The van der Waals surface area contributed by atoms with Gasteiger partial charge < -0.3 is 21.2 Å². The number of hydrogen-bond acceptors (Lipinski definition) is 4. The lowest BCUT2D eigenvalue weighted by Gasteiger charge is -2.11. The van der Waals surface area contributed by atoms with E-state index in [0.717, 1.165) is 12.6 Å². The quantitative estimate of drug-likeness (QED) is 0.684. The van der Waals surface area contributed by atoms with Gasteiger partial charge in [-0.1, -0.05) is 30.3 Å². The predicted molar refractivity (Wildman–Crippen MR) is 96.4 cm³/mol. The summed E-state index contributed by atoms with van der Waals surface area (Å²) in [5.41, 5.74) is 8.40. The van der Waals surface area contributed by atoms with Crippen LogP contribution in [-0.2, 0) is 6.42 Å². The Morgan fingerprint density at radius 3 is 2.62 bits per heavy atom. The van der Waals surface area contributed by atoms with Gasteiger partial charge in [-0.3, -0.25) is 4.79 Å². The van der Waals surface area contributed by atoms with E-state index in [4.69, 9.17) is 15.9 Å². The van der Waals surface area contributed by atoms with Gasteiger partial charge in [0.15, 0.2) is 0 Å². The maximum absolute atomic E-state index is 12.3. The summed E-state index contributed by atoms with van der Waals surface area (Å²) in [7, 11) is 1.52. The molecular weight excluding hydrogens is 302 g/mol. The van der Waals surface area contributed by atoms with Crippen molar-refractivity contribution in [2.24, 2.45) is 5.73 Å². The number of carbonyl (C=O) groups excluding carboxylic acids is 1. The van der Waals surface area contributed by atoms with Gasteiger partial charge in [0, 0.05) is 35.7 Å². The Hall–Kier alpha value is -3.08. The summed E-state index contributed by atoms with van der Waals surface area (Å²) in [6.07, 6.45) is 3.26. The number of rotatable bonds is 7. The van der Waals surface area contributed by atoms with Gasteiger partial charge in [-0.2, -0.15) is 0 Å². The molecule has 0 aliphatic heterocycles. The predicted octanol–water partition coefficient (Wildman–Crippen LogP) is 2.62. The molecule has 5 nitrogen and oxygen atoms in total. The van der Waals surface area contributed by atoms with Gasteiger partial charge >= 0.3 is 0 Å². The van der Waals surface area contributed by atoms with Crippen LogP contribution in [0.3, 0.4) is 0 Å². The molecule has 0 aromatic heterocycles. The molecule has 0 fully saturated rings. The number of methoxy groups -OCH3 is 1. The van der Waals surface area contributed by atoms with Gasteiger partial charge in [-0.05, 0) is 30.2 Å². The Morgan fingerprint density at radius 1 is 1.25 bits per heavy atom. The molecule has 4 N–H and O–H groups in total. The molecule has 2 rings (SSSR count). The van der Waals surface area contributed by atoms with E-state index in [1.807, 2.05) is 30.3 Å². The SMILES string of the molecule is COc1cc(C(=O)NCCc2ccccc2)ccc1/C(C=N)=C/N. The molecule has 0 aliphatic carbocycles. The van der Waals surface area contributed by atoms with E-state index in [0.29, 0.717) is 29.0 Å². The minimum atomic E-state index is -0.163. The van der Waals surface area contributed by atoms with Crippen LogP contribution in [0, 0.1) is 5.41 Å². The molecule has 0 saturated heterocycles. The van der Waals surface area contributed by atoms with Crippen molar-refractivity contribution >= 4 is 17.7 Å². The second-order valence-corrected chi connectivity index (χ2v) is 5.17. The monoisotopic (exact) mass is 323 g/mol. The fourth-order valence-corrected chi connectivity index (χ4v) is 2.35. The van der Waals surface area contributed by atoms with Crippen molar-refractivity contribution in [1.82, 2.24) is 5.32 Å². The zero-order chi connectivity index (χ0) is 17.4. The Labute approximate surface area is 141 Å². The fourth-order valence-electron chi connectivity index (χ4n) is 2.35. The van der Waals surface area contributed by atoms with Crippen molar-refractivity contribution < 1.29 is 9.53 Å². The second-order valence-electron chi connectivity index (χ2n) is 5.17. The zero-order valence-electron chi connectivity index (χ0n) is 13.6. The van der Waals surface area contributed by atoms with Crippen LogP contribution in [0.25, 0.3) is 5.57 Å². The number of ether oxygens (including phenoxy) is 1. The van der Waals surface area contributed by atoms with Crippen molar-refractivity contribution in [1.29, 1.82) is 5.41 Å². The van der Waals surface area contributed by atoms with Crippen molar-refractivity contribution in [2.45, 2.75) is 6.42 Å². The maximum Gasteiger partial charge on any atom is 0.251 e. The lowest BCUT2D eigenvalue weighted by molar-refractivity contribution is 0.0954. The average molecular weight is 323 g/mol. The van der Waals surface area contributed by atoms with Crippen LogP contribution in [-0.4, -0.2) is 25.8 Å². The van der Waals surface area contributed by atoms with E-state index >= 15 is 0 Å². The number of nitrogens with one attached hydrogen (secondary N) is 2. The Bertz CT molecular complexity index is 740. The van der Waals surface area contributed by atoms with Gasteiger partial charge in [0.05, 0.1) is 7.11 Å². The van der Waals surface area contributed by atoms with Crippen molar-refractivity contribution in [3.63, 3.8) is 0 Å². The van der Waals surface area contributed by atoms with Crippen LogP contribution in [0.4, 0.5) is 0 Å². The molecule has 5 heteroatoms. The Morgan fingerprint density at radius 2 is 2.00 bits per heavy atom. The highest BCUT2D eigenvalue weighted by molar-refractivity contribution is 6.09. The minimum Gasteiger partial charge on any atom is -0.496 e. The summed E-state index contributed by atoms with van der Waals surface area (Å²) in [6, 6.07) is 15.1. The molecule has 0 unspecified atom stereocenters. The summed E-state index contributed by atoms with van der Waals surface area (Å²) in [5.74, 6) is 0.342. The summed E-state index contributed by atoms with van der Waals surface area (Å²) in [6.45, 7) is 0.557. The van der Waals surface area contributed by atoms with Crippen molar-refractivity contribution in [3.05, 3.63) is 71.4 Å². The summed E-state index contributed by atoms with van der Waals surface area (Å²) < 4.78 is 5.31. The lowest BCUT2D eigenvalue weighted by atomic mass is 10.0. The molecule has 0 spiro atoms. The molecule has 0 atom stereocenters. The van der Waals surface area contributed by atoms with Crippen LogP contribution in [0.2, 0.25) is 0 Å². The summed E-state index contributed by atoms with van der Waals surface area (Å²) in [5, 5.41) is 10.3. The van der Waals surface area contributed by atoms with Crippen molar-refractivity contribution in [3.8, 4) is 5.75 Å². The van der Waals surface area contributed by atoms with Crippen LogP contribution in [0.1, 0.15) is 21.5 Å². The normalized spacial score (nSPS) is 11.0. The average Bonchev–Trinajstić information content (AvgIpc) is 2.63. The highest BCUT2D eigenvalue weighted by atomic mass is 16.5. The number of nitrogens with two attached hydrogens (primary N) is 1. The highest BCUT2D eigenvalue weighted by Crippen LogP contribution is 2.25. The standard InChI is InChI=1S/C19H21N3O2/c1-24-18-11-15(7-8-17(18)16(12-20)13-21)19(23)22-10-9-14-5-3-2-4-6-14/h2-8,11-13,20H,9-10,21H2,1H3,(H,22,23)/b16-13+,20-12?. The van der Waals surface area contributed by atoms with Crippen molar-refractivity contribution in [2.75, 3.05) is 13.7 Å². The zero-order valence-corrected chi connectivity index (χ0v) is 13.6. The first kappa shape index (κ1) is 17.3. The molecule has 24 heavy (non-hydrogen) atoms. The topological polar surface area (TPSA) is 88.2 Å². The number of allylic oxidation sites excluding steroid dienone is 1. The molecule has 2 aromatic carbocycles. The van der Waals surface area contributed by atoms with Gasteiger partial charge in [0.25, 0.3) is 5.91 Å². The number of amides is 1. The molecule has 2 aromatic rings. The Kier molecular flexibility index (Phi) is 6.14. The number of hydrogen-bond donors (Lipinski definition) is 3.